The predicted octanol–water partition coefficient (Wildman–Crippen LogP) is 5.27. The zero-order valence-corrected chi connectivity index (χ0v) is 13.8. The standard InChI is InChI=1S/C15H12Cl2OS2/c16-11-2-1-9(5-12(11)17)6-13(18)15-7-10-8-19-4-3-14(10)20-15/h1-2,5,7H,3-4,6,8H2. The lowest BCUT2D eigenvalue weighted by molar-refractivity contribution is 0.0997. The Morgan fingerprint density at radius 3 is 2.80 bits per heavy atom. The fraction of sp³-hybridized carbons (Fsp3) is 0.267. The molecule has 20 heavy (non-hydrogen) atoms. The number of thioether (sulfide) groups is 1. The highest BCUT2D eigenvalue weighted by molar-refractivity contribution is 7.98. The van der Waals surface area contributed by atoms with E-state index in [1.165, 1.54) is 10.4 Å². The van der Waals surface area contributed by atoms with Crippen LogP contribution in [-0.2, 0) is 18.6 Å². The topological polar surface area (TPSA) is 17.1 Å². The highest BCUT2D eigenvalue weighted by atomic mass is 35.5. The maximum absolute atomic E-state index is 12.4. The molecule has 0 N–H and O–H groups in total. The maximum atomic E-state index is 12.4. The van der Waals surface area contributed by atoms with Crippen molar-refractivity contribution < 1.29 is 4.79 Å². The number of hydrogen-bond acceptors (Lipinski definition) is 3. The minimum absolute atomic E-state index is 0.160. The van der Waals surface area contributed by atoms with E-state index in [1.807, 2.05) is 17.8 Å². The van der Waals surface area contributed by atoms with Gasteiger partial charge in [-0.3, -0.25) is 4.79 Å². The van der Waals surface area contributed by atoms with Crippen LogP contribution in [0.25, 0.3) is 0 Å². The van der Waals surface area contributed by atoms with E-state index in [-0.39, 0.29) is 5.78 Å². The predicted molar refractivity (Wildman–Crippen MR) is 88.7 cm³/mol. The fourth-order valence-electron chi connectivity index (χ4n) is 2.21. The number of ketones is 1. The smallest absolute Gasteiger partial charge is 0.177 e. The molecule has 1 aromatic heterocycles. The van der Waals surface area contributed by atoms with Crippen LogP contribution < -0.4 is 0 Å². The van der Waals surface area contributed by atoms with Gasteiger partial charge in [0.1, 0.15) is 0 Å². The molecule has 2 heterocycles. The van der Waals surface area contributed by atoms with Crippen LogP contribution in [0.15, 0.2) is 24.3 Å². The van der Waals surface area contributed by atoms with Gasteiger partial charge in [0, 0.05) is 17.1 Å². The summed E-state index contributed by atoms with van der Waals surface area (Å²) in [6.07, 6.45) is 1.47. The van der Waals surface area contributed by atoms with Gasteiger partial charge in [-0.05, 0) is 41.5 Å². The molecule has 1 aliphatic heterocycles. The molecule has 3 rings (SSSR count). The molecule has 1 aliphatic rings. The number of fused-ring (bicyclic) bond motifs is 1. The molecule has 1 aromatic carbocycles. The van der Waals surface area contributed by atoms with Crippen molar-refractivity contribution in [3.63, 3.8) is 0 Å². The van der Waals surface area contributed by atoms with Gasteiger partial charge in [0.2, 0.25) is 0 Å². The molecular weight excluding hydrogens is 331 g/mol. The minimum atomic E-state index is 0.160. The number of aryl methyl sites for hydroxylation is 1. The second-order valence-electron chi connectivity index (χ2n) is 4.71. The number of rotatable bonds is 3. The highest BCUT2D eigenvalue weighted by Gasteiger charge is 2.17. The summed E-state index contributed by atoms with van der Waals surface area (Å²) in [4.78, 5) is 14.6. The Morgan fingerprint density at radius 2 is 2.05 bits per heavy atom. The first-order valence-corrected chi connectivity index (χ1v) is 9.02. The van der Waals surface area contributed by atoms with Gasteiger partial charge >= 0.3 is 0 Å². The Balaban J connectivity index is 1.78. The molecule has 104 valence electrons. The van der Waals surface area contributed by atoms with Crippen LogP contribution in [-0.4, -0.2) is 11.5 Å². The maximum Gasteiger partial charge on any atom is 0.177 e. The third kappa shape index (κ3) is 3.06. The second kappa shape index (κ2) is 6.10. The van der Waals surface area contributed by atoms with Crippen molar-refractivity contribution in [2.75, 3.05) is 5.75 Å². The number of hydrogen-bond donors (Lipinski definition) is 0. The van der Waals surface area contributed by atoms with Crippen molar-refractivity contribution in [2.45, 2.75) is 18.6 Å². The summed E-state index contributed by atoms with van der Waals surface area (Å²) in [6, 6.07) is 7.43. The lowest BCUT2D eigenvalue weighted by atomic mass is 10.1. The average molecular weight is 343 g/mol. The van der Waals surface area contributed by atoms with Crippen LogP contribution in [0.2, 0.25) is 10.0 Å². The summed E-state index contributed by atoms with van der Waals surface area (Å²) < 4.78 is 0. The third-order valence-electron chi connectivity index (χ3n) is 3.25. The summed E-state index contributed by atoms with van der Waals surface area (Å²) in [7, 11) is 0. The van der Waals surface area contributed by atoms with Gasteiger partial charge in [0.15, 0.2) is 5.78 Å². The van der Waals surface area contributed by atoms with E-state index in [4.69, 9.17) is 23.2 Å². The third-order valence-corrected chi connectivity index (χ3v) is 6.28. The van der Waals surface area contributed by atoms with Gasteiger partial charge < -0.3 is 0 Å². The van der Waals surface area contributed by atoms with E-state index in [1.54, 1.807) is 23.5 Å². The highest BCUT2D eigenvalue weighted by Crippen LogP contribution is 2.32. The molecule has 0 amide bonds. The summed E-state index contributed by atoms with van der Waals surface area (Å²) >= 11 is 15.4. The van der Waals surface area contributed by atoms with Crippen molar-refractivity contribution in [1.29, 1.82) is 0 Å². The molecular formula is C15H12Cl2OS2. The Morgan fingerprint density at radius 1 is 1.20 bits per heavy atom. The molecule has 0 bridgehead atoms. The van der Waals surface area contributed by atoms with Gasteiger partial charge in [0.25, 0.3) is 0 Å². The first kappa shape index (κ1) is 14.5. The van der Waals surface area contributed by atoms with Gasteiger partial charge in [-0.15, -0.1) is 11.3 Å². The van der Waals surface area contributed by atoms with Crippen molar-refractivity contribution in [3.05, 3.63) is 55.2 Å². The average Bonchev–Trinajstić information content (AvgIpc) is 2.87. The molecule has 0 spiro atoms. The van der Waals surface area contributed by atoms with Gasteiger partial charge in [-0.25, -0.2) is 0 Å². The summed E-state index contributed by atoms with van der Waals surface area (Å²) in [5.41, 5.74) is 2.24. The van der Waals surface area contributed by atoms with Crippen LogP contribution in [0.4, 0.5) is 0 Å². The Bertz CT molecular complexity index is 640. The van der Waals surface area contributed by atoms with E-state index in [0.29, 0.717) is 16.5 Å². The van der Waals surface area contributed by atoms with E-state index >= 15 is 0 Å². The van der Waals surface area contributed by atoms with Crippen LogP contribution >= 0.6 is 46.3 Å². The molecule has 0 fully saturated rings. The summed E-state index contributed by atoms with van der Waals surface area (Å²) in [5, 5.41) is 1.02. The number of halogens is 2. The summed E-state index contributed by atoms with van der Waals surface area (Å²) in [5.74, 6) is 2.35. The van der Waals surface area contributed by atoms with Crippen molar-refractivity contribution in [1.82, 2.24) is 0 Å². The number of benzene rings is 1. The van der Waals surface area contributed by atoms with E-state index in [2.05, 4.69) is 6.07 Å². The zero-order valence-electron chi connectivity index (χ0n) is 10.6. The number of thiophene rings is 1. The van der Waals surface area contributed by atoms with Crippen LogP contribution in [0.1, 0.15) is 25.7 Å². The summed E-state index contributed by atoms with van der Waals surface area (Å²) in [6.45, 7) is 0. The monoisotopic (exact) mass is 342 g/mol. The molecule has 5 heteroatoms. The molecule has 2 aromatic rings. The van der Waals surface area contributed by atoms with Gasteiger partial charge in [-0.2, -0.15) is 11.8 Å². The molecule has 0 radical (unpaired) electrons. The van der Waals surface area contributed by atoms with E-state index < -0.39 is 0 Å². The van der Waals surface area contributed by atoms with E-state index in [0.717, 1.165) is 28.4 Å². The quantitative estimate of drug-likeness (QED) is 0.706. The Labute approximate surface area is 136 Å². The fourth-order valence-corrected chi connectivity index (χ4v) is 4.84. The molecule has 0 saturated heterocycles. The molecule has 0 aliphatic carbocycles. The minimum Gasteiger partial charge on any atom is -0.293 e. The number of carbonyl (C=O) groups is 1. The van der Waals surface area contributed by atoms with E-state index in [9.17, 15) is 4.79 Å². The molecule has 1 nitrogen and oxygen atoms in total. The lowest BCUT2D eigenvalue weighted by Crippen LogP contribution is -2.01. The second-order valence-corrected chi connectivity index (χ2v) is 7.77. The molecule has 0 unspecified atom stereocenters. The lowest BCUT2D eigenvalue weighted by Gasteiger charge is -2.08. The van der Waals surface area contributed by atoms with Crippen molar-refractivity contribution >= 4 is 52.1 Å². The normalized spacial score (nSPS) is 14.1. The Kier molecular flexibility index (Phi) is 4.41. The largest absolute Gasteiger partial charge is 0.293 e. The molecule has 0 saturated carbocycles. The number of Topliss-reactive ketones (excluding diaryl/α,β-unsaturated/α-hetero) is 1. The molecule has 0 atom stereocenters. The van der Waals surface area contributed by atoms with Crippen molar-refractivity contribution in [3.8, 4) is 0 Å². The van der Waals surface area contributed by atoms with Crippen LogP contribution in [0.3, 0.4) is 0 Å². The van der Waals surface area contributed by atoms with Crippen molar-refractivity contribution in [2.24, 2.45) is 0 Å². The number of carbonyl (C=O) groups excluding carboxylic acids is 1. The Hall–Kier alpha value is -0.480. The first-order chi connectivity index (χ1) is 9.63. The van der Waals surface area contributed by atoms with Gasteiger partial charge in [-0.1, -0.05) is 29.3 Å². The SMILES string of the molecule is O=C(Cc1ccc(Cl)c(Cl)c1)c1cc2c(s1)CCSC2. The first-order valence-electron chi connectivity index (χ1n) is 6.30. The zero-order chi connectivity index (χ0) is 14.1. The van der Waals surface area contributed by atoms with Crippen LogP contribution in [0.5, 0.6) is 0 Å². The van der Waals surface area contributed by atoms with Crippen LogP contribution in [0, 0.1) is 0 Å². The van der Waals surface area contributed by atoms with Gasteiger partial charge in [0.05, 0.1) is 14.9 Å².